The Labute approximate surface area is 218 Å². The monoisotopic (exact) mass is 554 g/mol. The number of primary amides is 1. The molecule has 1 atom stereocenters. The first-order chi connectivity index (χ1) is 18.3. The van der Waals surface area contributed by atoms with E-state index in [1.807, 2.05) is 5.32 Å². The fraction of sp³-hybridized carbons (Fsp3) is 0.280. The number of pyridine rings is 2. The summed E-state index contributed by atoms with van der Waals surface area (Å²) in [5.74, 6) is -4.22. The Bertz CT molecular complexity index is 1370. The molecular formula is C25H23F5N4O5. The maximum absolute atomic E-state index is 14.4. The lowest BCUT2D eigenvalue weighted by atomic mass is 9.93. The van der Waals surface area contributed by atoms with Crippen LogP contribution in [0.3, 0.4) is 0 Å². The summed E-state index contributed by atoms with van der Waals surface area (Å²) in [6.07, 6.45) is -5.27. The van der Waals surface area contributed by atoms with Gasteiger partial charge in [0.1, 0.15) is 28.6 Å². The summed E-state index contributed by atoms with van der Waals surface area (Å²) in [6.45, 7) is 0.118. The molecule has 0 spiro atoms. The summed E-state index contributed by atoms with van der Waals surface area (Å²) in [7, 11) is 1.12. The molecule has 0 aliphatic rings. The number of carbonyl (C=O) groups excluding carboxylic acids is 2. The highest BCUT2D eigenvalue weighted by Crippen LogP contribution is 2.42. The van der Waals surface area contributed by atoms with Gasteiger partial charge in [0.2, 0.25) is 17.4 Å². The number of benzene rings is 1. The van der Waals surface area contributed by atoms with Crippen LogP contribution in [-0.4, -0.2) is 53.3 Å². The van der Waals surface area contributed by atoms with E-state index in [2.05, 4.69) is 9.97 Å². The molecule has 2 amide bonds. The highest BCUT2D eigenvalue weighted by atomic mass is 19.4. The van der Waals surface area contributed by atoms with Crippen molar-refractivity contribution in [2.45, 2.75) is 25.1 Å². The molecule has 2 heterocycles. The fourth-order valence-corrected chi connectivity index (χ4v) is 3.62. The minimum Gasteiger partial charge on any atom is -0.491 e. The molecule has 0 bridgehead atoms. The average molecular weight is 554 g/mol. The molecule has 208 valence electrons. The second-order valence-corrected chi connectivity index (χ2v) is 8.18. The average Bonchev–Trinajstić information content (AvgIpc) is 2.87. The Morgan fingerprint density at radius 1 is 1.10 bits per heavy atom. The number of nitrogens with zero attached hydrogens (tertiary/aromatic N) is 2. The maximum Gasteiger partial charge on any atom is 0.424 e. The third-order valence-corrected chi connectivity index (χ3v) is 5.47. The number of aliphatic hydroxyl groups is 1. The van der Waals surface area contributed by atoms with Crippen molar-refractivity contribution >= 4 is 11.8 Å². The van der Waals surface area contributed by atoms with E-state index < -0.39 is 59.4 Å². The molecule has 1 aromatic carbocycles. The minimum absolute atomic E-state index is 0.0179. The van der Waals surface area contributed by atoms with Crippen LogP contribution in [0.2, 0.25) is 0 Å². The predicted octanol–water partition coefficient (Wildman–Crippen LogP) is 3.04. The van der Waals surface area contributed by atoms with Gasteiger partial charge in [-0.2, -0.15) is 13.2 Å². The van der Waals surface area contributed by atoms with Gasteiger partial charge in [-0.25, -0.2) is 18.7 Å². The van der Waals surface area contributed by atoms with Crippen LogP contribution in [0.1, 0.15) is 28.5 Å². The van der Waals surface area contributed by atoms with Crippen molar-refractivity contribution in [1.29, 1.82) is 0 Å². The zero-order chi connectivity index (χ0) is 29.0. The molecule has 0 radical (unpaired) electrons. The topological polar surface area (TPSA) is 137 Å². The molecule has 2 aromatic heterocycles. The summed E-state index contributed by atoms with van der Waals surface area (Å²) in [4.78, 5) is 31.9. The number of nitrogens with one attached hydrogen (secondary N) is 1. The van der Waals surface area contributed by atoms with Gasteiger partial charge in [0.15, 0.2) is 0 Å². The van der Waals surface area contributed by atoms with E-state index in [-0.39, 0.29) is 35.1 Å². The lowest BCUT2D eigenvalue weighted by molar-refractivity contribution is -0.265. The first-order valence-corrected chi connectivity index (χ1v) is 11.3. The molecule has 4 N–H and O–H groups in total. The summed E-state index contributed by atoms with van der Waals surface area (Å²) < 4.78 is 80.7. The molecule has 0 saturated carbocycles. The maximum atomic E-state index is 14.4. The SMILES string of the molecule is CCOc1c(CC(N)=O)cc([C@@](O)(CNC(=O)c2cc(F)cnc2OC)C(F)(F)F)nc1-c1ccc(F)cc1. The number of nitrogens with two attached hydrogens (primary N) is 1. The molecule has 14 heteroatoms. The number of halogens is 5. The van der Waals surface area contributed by atoms with Gasteiger partial charge in [-0.3, -0.25) is 9.59 Å². The fourth-order valence-electron chi connectivity index (χ4n) is 3.62. The molecule has 3 rings (SSSR count). The van der Waals surface area contributed by atoms with Crippen LogP contribution in [0.25, 0.3) is 11.3 Å². The van der Waals surface area contributed by atoms with Gasteiger partial charge < -0.3 is 25.6 Å². The van der Waals surface area contributed by atoms with Gasteiger partial charge in [-0.15, -0.1) is 0 Å². The lowest BCUT2D eigenvalue weighted by Gasteiger charge is -2.31. The lowest BCUT2D eigenvalue weighted by Crippen LogP contribution is -2.51. The zero-order valence-corrected chi connectivity index (χ0v) is 20.6. The molecule has 0 aliphatic carbocycles. The van der Waals surface area contributed by atoms with Gasteiger partial charge in [0.25, 0.3) is 5.91 Å². The van der Waals surface area contributed by atoms with Crippen LogP contribution in [0.15, 0.2) is 42.6 Å². The largest absolute Gasteiger partial charge is 0.491 e. The first kappa shape index (κ1) is 29.2. The minimum atomic E-state index is -5.42. The number of ether oxygens (including phenoxy) is 2. The molecule has 0 fully saturated rings. The van der Waals surface area contributed by atoms with Crippen molar-refractivity contribution in [3.8, 4) is 22.9 Å². The Hall–Kier alpha value is -4.33. The van der Waals surface area contributed by atoms with E-state index in [1.165, 1.54) is 12.1 Å². The van der Waals surface area contributed by atoms with Gasteiger partial charge in [0, 0.05) is 11.1 Å². The second kappa shape index (κ2) is 11.6. The standard InChI is InChI=1S/C25H23F5N4O5/c1-3-39-21-14(9-19(31)35)8-18(34-20(21)13-4-6-15(26)7-5-13)24(37,25(28,29)30)12-33-22(36)17-10-16(27)11-32-23(17)38-2/h4-8,10-11,37H,3,9,12H2,1-2H3,(H2,31,35)(H,33,36)/t24-/m0/s1. The predicted molar refractivity (Wildman–Crippen MR) is 127 cm³/mol. The number of rotatable bonds is 10. The molecule has 9 nitrogen and oxygen atoms in total. The van der Waals surface area contributed by atoms with Crippen LogP contribution in [-0.2, 0) is 16.8 Å². The molecule has 3 aromatic rings. The Balaban J connectivity index is 2.16. The summed E-state index contributed by atoms with van der Waals surface area (Å²) in [5, 5.41) is 12.9. The van der Waals surface area contributed by atoms with Crippen molar-refractivity contribution in [3.63, 3.8) is 0 Å². The highest BCUT2D eigenvalue weighted by molar-refractivity contribution is 5.96. The molecule has 39 heavy (non-hydrogen) atoms. The van der Waals surface area contributed by atoms with E-state index in [4.69, 9.17) is 15.2 Å². The number of hydrogen-bond donors (Lipinski definition) is 3. The highest BCUT2D eigenvalue weighted by Gasteiger charge is 2.56. The number of alkyl halides is 3. The van der Waals surface area contributed by atoms with Gasteiger partial charge >= 0.3 is 6.18 Å². The van der Waals surface area contributed by atoms with Crippen LogP contribution in [0.5, 0.6) is 11.6 Å². The van der Waals surface area contributed by atoms with Gasteiger partial charge in [0.05, 0.1) is 38.6 Å². The van der Waals surface area contributed by atoms with Gasteiger partial charge in [-0.05, 0) is 43.3 Å². The zero-order valence-electron chi connectivity index (χ0n) is 20.6. The normalized spacial score (nSPS) is 12.9. The molecule has 0 unspecified atom stereocenters. The number of carbonyl (C=O) groups is 2. The van der Waals surface area contributed by atoms with E-state index in [1.54, 1.807) is 6.92 Å². The van der Waals surface area contributed by atoms with E-state index in [0.717, 1.165) is 31.5 Å². The Kier molecular flexibility index (Phi) is 8.69. The smallest absolute Gasteiger partial charge is 0.424 e. The van der Waals surface area contributed by atoms with Crippen molar-refractivity contribution in [1.82, 2.24) is 15.3 Å². The third-order valence-electron chi connectivity index (χ3n) is 5.47. The molecule has 0 saturated heterocycles. The summed E-state index contributed by atoms with van der Waals surface area (Å²) >= 11 is 0. The van der Waals surface area contributed by atoms with Gasteiger partial charge in [-0.1, -0.05) is 0 Å². The van der Waals surface area contributed by atoms with Crippen LogP contribution < -0.4 is 20.5 Å². The van der Waals surface area contributed by atoms with E-state index >= 15 is 0 Å². The van der Waals surface area contributed by atoms with Crippen LogP contribution in [0.4, 0.5) is 22.0 Å². The van der Waals surface area contributed by atoms with Crippen molar-refractivity contribution < 1.29 is 46.1 Å². The molecule has 0 aliphatic heterocycles. The number of hydrogen-bond acceptors (Lipinski definition) is 7. The Morgan fingerprint density at radius 2 is 1.77 bits per heavy atom. The number of amides is 2. The second-order valence-electron chi connectivity index (χ2n) is 8.18. The van der Waals surface area contributed by atoms with Crippen LogP contribution in [0, 0.1) is 11.6 Å². The number of methoxy groups -OCH3 is 1. The third kappa shape index (κ3) is 6.39. The quantitative estimate of drug-likeness (QED) is 0.328. The van der Waals surface area contributed by atoms with Crippen molar-refractivity contribution in [2.75, 3.05) is 20.3 Å². The van der Waals surface area contributed by atoms with Crippen molar-refractivity contribution in [2.24, 2.45) is 5.73 Å². The van der Waals surface area contributed by atoms with E-state index in [0.29, 0.717) is 6.07 Å². The van der Waals surface area contributed by atoms with E-state index in [9.17, 15) is 36.6 Å². The van der Waals surface area contributed by atoms with Crippen molar-refractivity contribution in [3.05, 3.63) is 71.1 Å². The van der Waals surface area contributed by atoms with Crippen LogP contribution >= 0.6 is 0 Å². The number of aromatic nitrogens is 2. The first-order valence-electron chi connectivity index (χ1n) is 11.3. The molecular weight excluding hydrogens is 531 g/mol. The summed E-state index contributed by atoms with van der Waals surface area (Å²) in [5.41, 5.74) is -0.339. The summed E-state index contributed by atoms with van der Waals surface area (Å²) in [6, 6.07) is 5.98. The Morgan fingerprint density at radius 3 is 2.33 bits per heavy atom.